The molecule has 0 fully saturated rings. The summed E-state index contributed by atoms with van der Waals surface area (Å²) in [6.45, 7) is 2.96. The second-order valence-electron chi connectivity index (χ2n) is 6.06. The molecule has 1 atom stereocenters. The molecular weight excluding hydrogens is 348 g/mol. The Morgan fingerprint density at radius 2 is 1.81 bits per heavy atom. The second kappa shape index (κ2) is 7.86. The van der Waals surface area contributed by atoms with Gasteiger partial charge in [-0.25, -0.2) is 9.59 Å². The molecule has 0 aliphatic carbocycles. The normalized spacial score (nSPS) is 11.8. The van der Waals surface area contributed by atoms with Gasteiger partial charge in [-0.3, -0.25) is 4.79 Å². The monoisotopic (exact) mass is 366 g/mol. The van der Waals surface area contributed by atoms with Gasteiger partial charge in [-0.1, -0.05) is 30.3 Å². The number of esters is 1. The standard InChI is InChI=1S/C21H18O6/c1-13-10-19(22)27-18-11-16(8-9-17(13)18)25-12-20(23)26-14(2)21(24)15-6-4-3-5-7-15/h3-11,14H,12H2,1-2H3. The summed E-state index contributed by atoms with van der Waals surface area (Å²) in [6, 6.07) is 15.0. The maximum absolute atomic E-state index is 12.2. The quantitative estimate of drug-likeness (QED) is 0.378. The Morgan fingerprint density at radius 1 is 1.07 bits per heavy atom. The predicted octanol–water partition coefficient (Wildman–Crippen LogP) is 3.29. The van der Waals surface area contributed by atoms with Gasteiger partial charge in [-0.05, 0) is 31.5 Å². The molecule has 1 heterocycles. The van der Waals surface area contributed by atoms with Crippen LogP contribution in [0.15, 0.2) is 63.8 Å². The number of benzene rings is 2. The van der Waals surface area contributed by atoms with E-state index in [9.17, 15) is 14.4 Å². The van der Waals surface area contributed by atoms with Crippen molar-refractivity contribution in [2.24, 2.45) is 0 Å². The van der Waals surface area contributed by atoms with Gasteiger partial charge in [0, 0.05) is 23.1 Å². The van der Waals surface area contributed by atoms with Crippen LogP contribution in [0.3, 0.4) is 0 Å². The fourth-order valence-electron chi connectivity index (χ4n) is 2.66. The molecule has 1 unspecified atom stereocenters. The number of Topliss-reactive ketones (excluding diaryl/α,β-unsaturated/α-hetero) is 1. The van der Waals surface area contributed by atoms with Crippen molar-refractivity contribution in [2.75, 3.05) is 6.61 Å². The van der Waals surface area contributed by atoms with Crippen LogP contribution in [0.25, 0.3) is 11.0 Å². The highest BCUT2D eigenvalue weighted by molar-refractivity contribution is 6.00. The van der Waals surface area contributed by atoms with Gasteiger partial charge < -0.3 is 13.9 Å². The van der Waals surface area contributed by atoms with Gasteiger partial charge in [0.2, 0.25) is 5.78 Å². The number of fused-ring (bicyclic) bond motifs is 1. The van der Waals surface area contributed by atoms with Crippen molar-refractivity contribution in [3.05, 3.63) is 76.1 Å². The minimum atomic E-state index is -0.916. The maximum Gasteiger partial charge on any atom is 0.344 e. The van der Waals surface area contributed by atoms with Crippen LogP contribution < -0.4 is 10.4 Å². The van der Waals surface area contributed by atoms with Gasteiger partial charge in [0.1, 0.15) is 11.3 Å². The minimum absolute atomic E-state index is 0.285. The summed E-state index contributed by atoms with van der Waals surface area (Å²) in [6.07, 6.45) is -0.916. The summed E-state index contributed by atoms with van der Waals surface area (Å²) < 4.78 is 15.7. The van der Waals surface area contributed by atoms with Crippen LogP contribution in [-0.4, -0.2) is 24.5 Å². The Kier molecular flexibility index (Phi) is 5.35. The predicted molar refractivity (Wildman–Crippen MR) is 99.0 cm³/mol. The number of rotatable bonds is 6. The zero-order valence-corrected chi connectivity index (χ0v) is 14.9. The molecule has 1 aromatic heterocycles. The molecular formula is C21H18O6. The van der Waals surface area contributed by atoms with E-state index in [1.165, 1.54) is 19.1 Å². The summed E-state index contributed by atoms with van der Waals surface area (Å²) in [5, 5.41) is 0.784. The van der Waals surface area contributed by atoms with Crippen molar-refractivity contribution in [1.82, 2.24) is 0 Å². The largest absolute Gasteiger partial charge is 0.482 e. The number of carbonyl (C=O) groups excluding carboxylic acids is 2. The third-order valence-corrected chi connectivity index (χ3v) is 4.02. The molecule has 0 bridgehead atoms. The van der Waals surface area contributed by atoms with E-state index < -0.39 is 17.7 Å². The van der Waals surface area contributed by atoms with Crippen molar-refractivity contribution in [2.45, 2.75) is 20.0 Å². The van der Waals surface area contributed by atoms with E-state index in [1.54, 1.807) is 42.5 Å². The van der Waals surface area contributed by atoms with E-state index in [0.717, 1.165) is 10.9 Å². The molecule has 0 N–H and O–H groups in total. The molecule has 3 aromatic rings. The lowest BCUT2D eigenvalue weighted by atomic mass is 10.1. The second-order valence-corrected chi connectivity index (χ2v) is 6.06. The topological polar surface area (TPSA) is 82.8 Å². The van der Waals surface area contributed by atoms with Crippen LogP contribution in [0.5, 0.6) is 5.75 Å². The lowest BCUT2D eigenvalue weighted by Gasteiger charge is -2.13. The van der Waals surface area contributed by atoms with Crippen LogP contribution in [0.2, 0.25) is 0 Å². The van der Waals surface area contributed by atoms with Gasteiger partial charge in [0.05, 0.1) is 0 Å². The highest BCUT2D eigenvalue weighted by atomic mass is 16.6. The third-order valence-electron chi connectivity index (χ3n) is 4.02. The number of carbonyl (C=O) groups is 2. The molecule has 0 saturated carbocycles. The Labute approximate surface area is 155 Å². The first-order chi connectivity index (χ1) is 12.9. The van der Waals surface area contributed by atoms with E-state index in [1.807, 2.05) is 6.92 Å². The Morgan fingerprint density at radius 3 is 2.56 bits per heavy atom. The summed E-state index contributed by atoms with van der Waals surface area (Å²) in [4.78, 5) is 35.6. The average Bonchev–Trinajstić information content (AvgIpc) is 2.66. The fourth-order valence-corrected chi connectivity index (χ4v) is 2.66. The molecule has 6 nitrogen and oxygen atoms in total. The summed E-state index contributed by atoms with van der Waals surface area (Å²) >= 11 is 0. The first-order valence-corrected chi connectivity index (χ1v) is 8.40. The number of ether oxygens (including phenoxy) is 2. The first kappa shape index (κ1) is 18.4. The summed E-state index contributed by atoms with van der Waals surface area (Å²) in [7, 11) is 0. The van der Waals surface area contributed by atoms with Crippen LogP contribution in [0.1, 0.15) is 22.8 Å². The highest BCUT2D eigenvalue weighted by Crippen LogP contribution is 2.22. The van der Waals surface area contributed by atoms with Crippen LogP contribution in [0.4, 0.5) is 0 Å². The van der Waals surface area contributed by atoms with Crippen LogP contribution in [-0.2, 0) is 9.53 Å². The van der Waals surface area contributed by atoms with Crippen molar-refractivity contribution < 1.29 is 23.5 Å². The van der Waals surface area contributed by atoms with Crippen molar-refractivity contribution in [3.8, 4) is 5.75 Å². The highest BCUT2D eigenvalue weighted by Gasteiger charge is 2.19. The van der Waals surface area contributed by atoms with Gasteiger partial charge in [0.25, 0.3) is 0 Å². The van der Waals surface area contributed by atoms with Crippen LogP contribution >= 0.6 is 0 Å². The molecule has 0 aliphatic heterocycles. The maximum atomic E-state index is 12.2. The SMILES string of the molecule is Cc1cc(=O)oc2cc(OCC(=O)OC(C)C(=O)c3ccccc3)ccc12. The lowest BCUT2D eigenvalue weighted by molar-refractivity contribution is -0.148. The van der Waals surface area contributed by atoms with Crippen molar-refractivity contribution in [3.63, 3.8) is 0 Å². The Hall–Kier alpha value is -3.41. The molecule has 138 valence electrons. The molecule has 0 spiro atoms. The molecule has 3 rings (SSSR count). The zero-order valence-electron chi connectivity index (χ0n) is 14.9. The van der Waals surface area contributed by atoms with Crippen LogP contribution in [0, 0.1) is 6.92 Å². The van der Waals surface area contributed by atoms with Gasteiger partial charge >= 0.3 is 11.6 Å². The fraction of sp³-hybridized carbons (Fsp3) is 0.190. The van der Waals surface area contributed by atoms with Gasteiger partial charge in [-0.15, -0.1) is 0 Å². The Bertz CT molecular complexity index is 1040. The summed E-state index contributed by atoms with van der Waals surface area (Å²) in [5.74, 6) is -0.597. The molecule has 27 heavy (non-hydrogen) atoms. The number of ketones is 1. The number of hydrogen-bond donors (Lipinski definition) is 0. The molecule has 6 heteroatoms. The van der Waals surface area contributed by atoms with Gasteiger partial charge in [-0.2, -0.15) is 0 Å². The molecule has 0 amide bonds. The number of aryl methyl sites for hydroxylation is 1. The number of hydrogen-bond acceptors (Lipinski definition) is 6. The molecule has 0 aliphatic rings. The molecule has 2 aromatic carbocycles. The Balaban J connectivity index is 1.61. The third kappa shape index (κ3) is 4.41. The smallest absolute Gasteiger partial charge is 0.344 e. The van der Waals surface area contributed by atoms with E-state index in [4.69, 9.17) is 13.9 Å². The summed E-state index contributed by atoms with van der Waals surface area (Å²) in [5.41, 5.74) is 1.18. The van der Waals surface area contributed by atoms with E-state index in [0.29, 0.717) is 16.9 Å². The first-order valence-electron chi connectivity index (χ1n) is 8.40. The van der Waals surface area contributed by atoms with E-state index in [-0.39, 0.29) is 12.4 Å². The van der Waals surface area contributed by atoms with E-state index in [2.05, 4.69) is 0 Å². The molecule has 0 saturated heterocycles. The molecule has 0 radical (unpaired) electrons. The zero-order chi connectivity index (χ0) is 19.4. The van der Waals surface area contributed by atoms with Crippen molar-refractivity contribution in [1.29, 1.82) is 0 Å². The van der Waals surface area contributed by atoms with Gasteiger partial charge in [0.15, 0.2) is 12.7 Å². The average molecular weight is 366 g/mol. The lowest BCUT2D eigenvalue weighted by Crippen LogP contribution is -2.27. The van der Waals surface area contributed by atoms with E-state index >= 15 is 0 Å². The van der Waals surface area contributed by atoms with Crippen molar-refractivity contribution >= 4 is 22.7 Å². The minimum Gasteiger partial charge on any atom is -0.482 e.